The number of sulfonamides is 1. The van der Waals surface area contributed by atoms with Gasteiger partial charge in [-0.2, -0.15) is 4.31 Å². The Balaban J connectivity index is 2.06. The molecule has 1 N–H and O–H groups in total. The molecule has 0 aromatic heterocycles. The number of piperidine rings is 1. The number of nitrogens with zero attached hydrogens (tertiary/aromatic N) is 2. The van der Waals surface area contributed by atoms with Crippen molar-refractivity contribution in [3.63, 3.8) is 0 Å². The molecule has 0 spiro atoms. The third kappa shape index (κ3) is 2.40. The van der Waals surface area contributed by atoms with Crippen LogP contribution in [-0.2, 0) is 10.0 Å². The molecule has 2 aliphatic heterocycles. The summed E-state index contributed by atoms with van der Waals surface area (Å²) in [7, 11) is -1.25. The standard InChI is InChI=1S/C10H20N2O3S/c1-11-6-4-10(8-11)16(14,15)12-5-2-3-9(13)7-12/h9-10,13H,2-8H2,1H3. The van der Waals surface area contributed by atoms with Crippen molar-refractivity contribution in [3.8, 4) is 0 Å². The smallest absolute Gasteiger partial charge is 0.218 e. The first kappa shape index (κ1) is 12.3. The SMILES string of the molecule is CN1CCC(S(=O)(=O)N2CCCC(O)C2)C1. The summed E-state index contributed by atoms with van der Waals surface area (Å²) in [5, 5.41) is 9.25. The van der Waals surface area contributed by atoms with E-state index < -0.39 is 16.1 Å². The predicted molar refractivity (Wildman–Crippen MR) is 61.6 cm³/mol. The fourth-order valence-corrected chi connectivity index (χ4v) is 4.53. The minimum atomic E-state index is -3.20. The molecule has 2 unspecified atom stereocenters. The molecule has 6 heteroatoms. The number of likely N-dealkylation sites (tertiary alicyclic amines) is 1. The average molecular weight is 248 g/mol. The number of aliphatic hydroxyl groups excluding tert-OH is 1. The van der Waals surface area contributed by atoms with Crippen molar-refractivity contribution in [2.45, 2.75) is 30.6 Å². The summed E-state index contributed by atoms with van der Waals surface area (Å²) in [6, 6.07) is 0. The van der Waals surface area contributed by atoms with E-state index >= 15 is 0 Å². The Morgan fingerprint density at radius 3 is 2.50 bits per heavy atom. The van der Waals surface area contributed by atoms with Gasteiger partial charge in [-0.25, -0.2) is 8.42 Å². The molecule has 94 valence electrons. The van der Waals surface area contributed by atoms with E-state index in [0.29, 0.717) is 19.5 Å². The Bertz CT molecular complexity index is 344. The van der Waals surface area contributed by atoms with Gasteiger partial charge in [-0.1, -0.05) is 0 Å². The van der Waals surface area contributed by atoms with Gasteiger partial charge in [-0.15, -0.1) is 0 Å². The number of hydrogen-bond acceptors (Lipinski definition) is 4. The van der Waals surface area contributed by atoms with Crippen LogP contribution in [-0.4, -0.2) is 67.3 Å². The van der Waals surface area contributed by atoms with Gasteiger partial charge < -0.3 is 10.0 Å². The highest BCUT2D eigenvalue weighted by Gasteiger charge is 2.37. The Kier molecular flexibility index (Phi) is 3.53. The lowest BCUT2D eigenvalue weighted by molar-refractivity contribution is 0.107. The zero-order valence-electron chi connectivity index (χ0n) is 9.67. The van der Waals surface area contributed by atoms with Gasteiger partial charge >= 0.3 is 0 Å². The first-order chi connectivity index (χ1) is 7.50. The van der Waals surface area contributed by atoms with Crippen LogP contribution in [0.3, 0.4) is 0 Å². The second-order valence-electron chi connectivity index (χ2n) is 4.87. The Labute approximate surface area is 97.1 Å². The fourth-order valence-electron chi connectivity index (χ4n) is 2.50. The highest BCUT2D eigenvalue weighted by atomic mass is 32.2. The maximum atomic E-state index is 12.3. The second-order valence-corrected chi connectivity index (χ2v) is 7.08. The van der Waals surface area contributed by atoms with Crippen molar-refractivity contribution in [1.82, 2.24) is 9.21 Å². The minimum Gasteiger partial charge on any atom is -0.392 e. The average Bonchev–Trinajstić information content (AvgIpc) is 2.65. The summed E-state index contributed by atoms with van der Waals surface area (Å²) in [5.41, 5.74) is 0. The van der Waals surface area contributed by atoms with E-state index in [0.717, 1.165) is 19.4 Å². The van der Waals surface area contributed by atoms with Crippen molar-refractivity contribution in [2.75, 3.05) is 33.2 Å². The molecule has 2 aliphatic rings. The van der Waals surface area contributed by atoms with Gasteiger partial charge in [0.25, 0.3) is 0 Å². The minimum absolute atomic E-state index is 0.275. The van der Waals surface area contributed by atoms with Gasteiger partial charge in [-0.3, -0.25) is 0 Å². The van der Waals surface area contributed by atoms with Crippen LogP contribution in [0.15, 0.2) is 0 Å². The van der Waals surface area contributed by atoms with Crippen molar-refractivity contribution in [1.29, 1.82) is 0 Å². The predicted octanol–water partition coefficient (Wildman–Crippen LogP) is -0.523. The van der Waals surface area contributed by atoms with Crippen LogP contribution in [0, 0.1) is 0 Å². The number of hydrogen-bond donors (Lipinski definition) is 1. The summed E-state index contributed by atoms with van der Waals surface area (Å²) >= 11 is 0. The zero-order valence-corrected chi connectivity index (χ0v) is 10.5. The van der Waals surface area contributed by atoms with Gasteiger partial charge in [0.2, 0.25) is 10.0 Å². The summed E-state index contributed by atoms with van der Waals surface area (Å²) in [6.45, 7) is 2.32. The molecular formula is C10H20N2O3S. The van der Waals surface area contributed by atoms with Gasteiger partial charge in [0.05, 0.1) is 11.4 Å². The quantitative estimate of drug-likeness (QED) is 0.714. The third-order valence-electron chi connectivity index (χ3n) is 3.49. The molecule has 0 saturated carbocycles. The summed E-state index contributed by atoms with van der Waals surface area (Å²) in [4.78, 5) is 2.04. The van der Waals surface area contributed by atoms with Crippen molar-refractivity contribution >= 4 is 10.0 Å². The molecule has 0 aromatic carbocycles. The number of rotatable bonds is 2. The van der Waals surface area contributed by atoms with E-state index in [1.165, 1.54) is 4.31 Å². The van der Waals surface area contributed by atoms with E-state index in [1.54, 1.807) is 0 Å². The lowest BCUT2D eigenvalue weighted by Gasteiger charge is -2.31. The van der Waals surface area contributed by atoms with E-state index in [9.17, 15) is 13.5 Å². The van der Waals surface area contributed by atoms with E-state index in [2.05, 4.69) is 0 Å². The number of β-amino-alcohol motifs (C(OH)–C–C–N with tert-alkyl or cyclic N) is 1. The van der Waals surface area contributed by atoms with Gasteiger partial charge in [0.1, 0.15) is 0 Å². The monoisotopic (exact) mass is 248 g/mol. The lowest BCUT2D eigenvalue weighted by atomic mass is 10.1. The van der Waals surface area contributed by atoms with E-state index in [1.807, 2.05) is 11.9 Å². The molecule has 0 aliphatic carbocycles. The molecule has 0 aromatic rings. The molecule has 2 atom stereocenters. The molecular weight excluding hydrogens is 228 g/mol. The molecule has 2 fully saturated rings. The molecule has 2 heterocycles. The van der Waals surface area contributed by atoms with Crippen molar-refractivity contribution in [3.05, 3.63) is 0 Å². The fraction of sp³-hybridized carbons (Fsp3) is 1.00. The van der Waals surface area contributed by atoms with Crippen molar-refractivity contribution in [2.24, 2.45) is 0 Å². The maximum absolute atomic E-state index is 12.3. The first-order valence-corrected chi connectivity index (χ1v) is 7.36. The van der Waals surface area contributed by atoms with Crippen LogP contribution in [0.25, 0.3) is 0 Å². The Morgan fingerprint density at radius 2 is 1.94 bits per heavy atom. The second kappa shape index (κ2) is 4.60. The van der Waals surface area contributed by atoms with Crippen LogP contribution in [0.1, 0.15) is 19.3 Å². The van der Waals surface area contributed by atoms with Crippen LogP contribution in [0.4, 0.5) is 0 Å². The van der Waals surface area contributed by atoms with Gasteiger partial charge in [0, 0.05) is 19.6 Å². The third-order valence-corrected chi connectivity index (χ3v) is 5.77. The normalized spacial score (nSPS) is 34.4. The summed E-state index contributed by atoms with van der Waals surface area (Å²) in [6.07, 6.45) is 1.72. The highest BCUT2D eigenvalue weighted by molar-refractivity contribution is 7.89. The van der Waals surface area contributed by atoms with Crippen LogP contribution >= 0.6 is 0 Å². The van der Waals surface area contributed by atoms with E-state index in [4.69, 9.17) is 0 Å². The lowest BCUT2D eigenvalue weighted by Crippen LogP contribution is -2.46. The largest absolute Gasteiger partial charge is 0.392 e. The molecule has 2 rings (SSSR count). The molecule has 0 bridgehead atoms. The summed E-state index contributed by atoms with van der Waals surface area (Å²) < 4.78 is 26.0. The molecule has 0 radical (unpaired) electrons. The van der Waals surface area contributed by atoms with Gasteiger partial charge in [-0.05, 0) is 32.9 Å². The Morgan fingerprint density at radius 1 is 1.19 bits per heavy atom. The van der Waals surface area contributed by atoms with Crippen LogP contribution in [0.2, 0.25) is 0 Å². The molecule has 2 saturated heterocycles. The molecule has 16 heavy (non-hydrogen) atoms. The molecule has 5 nitrogen and oxygen atoms in total. The van der Waals surface area contributed by atoms with Crippen LogP contribution < -0.4 is 0 Å². The summed E-state index contributed by atoms with van der Waals surface area (Å²) in [5.74, 6) is 0. The highest BCUT2D eigenvalue weighted by Crippen LogP contribution is 2.22. The zero-order chi connectivity index (χ0) is 11.8. The van der Waals surface area contributed by atoms with Gasteiger partial charge in [0.15, 0.2) is 0 Å². The molecule has 0 amide bonds. The maximum Gasteiger partial charge on any atom is 0.218 e. The number of aliphatic hydroxyl groups is 1. The van der Waals surface area contributed by atoms with E-state index in [-0.39, 0.29) is 11.8 Å². The topological polar surface area (TPSA) is 60.9 Å². The van der Waals surface area contributed by atoms with Crippen LogP contribution in [0.5, 0.6) is 0 Å². The Hall–Kier alpha value is -0.170. The van der Waals surface area contributed by atoms with Crippen molar-refractivity contribution < 1.29 is 13.5 Å². The first-order valence-electron chi connectivity index (χ1n) is 5.85.